The van der Waals surface area contributed by atoms with E-state index in [-0.39, 0.29) is 0 Å². The molecule has 2 rings (SSSR count). The van der Waals surface area contributed by atoms with E-state index in [9.17, 15) is 17.6 Å². The average molecular weight is 327 g/mol. The largest absolute Gasteiger partial charge is 0.277 e. The van der Waals surface area contributed by atoms with Crippen LogP contribution in [0.3, 0.4) is 0 Å². The second kappa shape index (κ2) is 6.37. The molecular formula is C15H12ClFO3S. The first-order chi connectivity index (χ1) is 9.94. The molecular weight excluding hydrogens is 315 g/mol. The maximum Gasteiger partial charge on any atom is 0.274 e. The van der Waals surface area contributed by atoms with Gasteiger partial charge in [-0.2, -0.15) is 0 Å². The van der Waals surface area contributed by atoms with E-state index in [1.54, 1.807) is 60.7 Å². The Kier molecular flexibility index (Phi) is 4.75. The minimum atomic E-state index is -4.45. The summed E-state index contributed by atoms with van der Waals surface area (Å²) in [6, 6.07) is 16.3. The fraction of sp³-hybridized carbons (Fsp3) is 0.133. The Bertz CT molecular complexity index is 678. The van der Waals surface area contributed by atoms with E-state index in [2.05, 4.69) is 0 Å². The van der Waals surface area contributed by atoms with Gasteiger partial charge in [0.1, 0.15) is 5.25 Å². The van der Waals surface area contributed by atoms with Crippen molar-refractivity contribution in [2.24, 2.45) is 0 Å². The van der Waals surface area contributed by atoms with Gasteiger partial charge in [-0.15, -0.1) is 0 Å². The molecule has 0 bridgehead atoms. The fourth-order valence-electron chi connectivity index (χ4n) is 2.08. The third-order valence-electron chi connectivity index (χ3n) is 3.00. The summed E-state index contributed by atoms with van der Waals surface area (Å²) in [7, 11) is -4.45. The maximum atomic E-state index is 13.9. The van der Waals surface area contributed by atoms with Gasteiger partial charge in [0.05, 0.1) is 0 Å². The van der Waals surface area contributed by atoms with Crippen LogP contribution in [0.2, 0.25) is 0 Å². The van der Waals surface area contributed by atoms with Gasteiger partial charge < -0.3 is 0 Å². The van der Waals surface area contributed by atoms with Crippen LogP contribution in [0.4, 0.5) is 4.39 Å². The third-order valence-corrected chi connectivity index (χ3v) is 5.31. The van der Waals surface area contributed by atoms with E-state index in [1.165, 1.54) is 0 Å². The second-order valence-corrected chi connectivity index (χ2v) is 6.85. The van der Waals surface area contributed by atoms with Gasteiger partial charge in [-0.3, -0.25) is 4.79 Å². The Hall–Kier alpha value is -1.72. The highest BCUT2D eigenvalue weighted by Crippen LogP contribution is 2.33. The van der Waals surface area contributed by atoms with Gasteiger partial charge in [-0.05, 0) is 22.7 Å². The van der Waals surface area contributed by atoms with Crippen LogP contribution < -0.4 is 0 Å². The number of carbonyl (C=O) groups excluding carboxylic acids is 1. The summed E-state index contributed by atoms with van der Waals surface area (Å²) in [4.78, 5) is 11.0. The van der Waals surface area contributed by atoms with Crippen LogP contribution in [0.25, 0.3) is 0 Å². The van der Waals surface area contributed by atoms with E-state index in [0.717, 1.165) is 0 Å². The summed E-state index contributed by atoms with van der Waals surface area (Å²) in [5, 5.41) is -2.82. The second-order valence-electron chi connectivity index (χ2n) is 4.41. The molecule has 0 aliphatic rings. The van der Waals surface area contributed by atoms with Gasteiger partial charge in [0, 0.05) is 0 Å². The minimum absolute atomic E-state index is 0.379. The van der Waals surface area contributed by atoms with Crippen molar-refractivity contribution in [2.75, 3.05) is 0 Å². The van der Waals surface area contributed by atoms with Gasteiger partial charge in [0.15, 0.2) is 0 Å². The zero-order chi connectivity index (χ0) is 15.5. The summed E-state index contributed by atoms with van der Waals surface area (Å²) in [5.41, 5.74) is -2.00. The lowest BCUT2D eigenvalue weighted by molar-refractivity contribution is -0.113. The molecule has 0 heterocycles. The van der Waals surface area contributed by atoms with E-state index in [4.69, 9.17) is 11.6 Å². The van der Waals surface area contributed by atoms with Crippen molar-refractivity contribution in [1.82, 2.24) is 0 Å². The van der Waals surface area contributed by atoms with Crippen molar-refractivity contribution in [3.05, 3.63) is 71.8 Å². The number of sulfone groups is 1. The molecule has 6 heteroatoms. The number of hydrogen-bond acceptors (Lipinski definition) is 3. The van der Waals surface area contributed by atoms with Crippen LogP contribution in [0.1, 0.15) is 16.4 Å². The molecule has 0 amide bonds. The first-order valence-corrected chi connectivity index (χ1v) is 8.09. The van der Waals surface area contributed by atoms with Crippen molar-refractivity contribution in [2.45, 2.75) is 10.8 Å². The lowest BCUT2D eigenvalue weighted by atomic mass is 10.0. The van der Waals surface area contributed by atoms with Crippen LogP contribution in [-0.2, 0) is 14.6 Å². The standard InChI is InChI=1S/C15H12ClFO3S/c16-14(18)15(17)21(19,20)13(11-7-3-1-4-8-11)12-9-5-2-6-10-12/h1-10,13,15H. The summed E-state index contributed by atoms with van der Waals surface area (Å²) in [6.07, 6.45) is 0. The van der Waals surface area contributed by atoms with Crippen molar-refractivity contribution in [3.8, 4) is 0 Å². The summed E-state index contributed by atoms with van der Waals surface area (Å²) < 4.78 is 38.6. The molecule has 0 fully saturated rings. The zero-order valence-electron chi connectivity index (χ0n) is 10.8. The number of halogens is 2. The van der Waals surface area contributed by atoms with Crippen molar-refractivity contribution in [3.63, 3.8) is 0 Å². The summed E-state index contributed by atoms with van der Waals surface area (Å²) >= 11 is 5.04. The van der Waals surface area contributed by atoms with Gasteiger partial charge in [0.25, 0.3) is 10.7 Å². The Morgan fingerprint density at radius 2 is 1.29 bits per heavy atom. The Labute approximate surface area is 127 Å². The third kappa shape index (κ3) is 3.31. The van der Waals surface area contributed by atoms with Crippen molar-refractivity contribution in [1.29, 1.82) is 0 Å². The van der Waals surface area contributed by atoms with Crippen LogP contribution in [0.5, 0.6) is 0 Å². The Morgan fingerprint density at radius 1 is 0.905 bits per heavy atom. The van der Waals surface area contributed by atoms with Crippen LogP contribution in [-0.4, -0.2) is 19.2 Å². The molecule has 110 valence electrons. The molecule has 1 unspecified atom stereocenters. The number of rotatable bonds is 5. The van der Waals surface area contributed by atoms with Crippen LogP contribution >= 0.6 is 11.6 Å². The van der Waals surface area contributed by atoms with Crippen molar-refractivity contribution >= 4 is 26.7 Å². The van der Waals surface area contributed by atoms with E-state index in [0.29, 0.717) is 11.1 Å². The zero-order valence-corrected chi connectivity index (χ0v) is 12.4. The first-order valence-electron chi connectivity index (χ1n) is 6.10. The predicted octanol–water partition coefficient (Wildman–Crippen LogP) is 3.25. The smallest absolute Gasteiger partial charge is 0.274 e. The fourth-order valence-corrected chi connectivity index (χ4v) is 4.02. The summed E-state index contributed by atoms with van der Waals surface area (Å²) in [6.45, 7) is 0. The molecule has 21 heavy (non-hydrogen) atoms. The highest BCUT2D eigenvalue weighted by Gasteiger charge is 2.40. The molecule has 0 saturated heterocycles. The first kappa shape index (κ1) is 15.7. The lowest BCUT2D eigenvalue weighted by Gasteiger charge is -2.19. The normalized spacial score (nSPS) is 13.1. The number of carbonyl (C=O) groups is 1. The highest BCUT2D eigenvalue weighted by molar-refractivity contribution is 7.93. The topological polar surface area (TPSA) is 51.2 Å². The summed E-state index contributed by atoms with van der Waals surface area (Å²) in [5.74, 6) is 0. The molecule has 0 aliphatic heterocycles. The predicted molar refractivity (Wildman–Crippen MR) is 79.4 cm³/mol. The maximum absolute atomic E-state index is 13.9. The van der Waals surface area contributed by atoms with Crippen LogP contribution in [0.15, 0.2) is 60.7 Å². The Morgan fingerprint density at radius 3 is 1.62 bits per heavy atom. The van der Waals surface area contributed by atoms with Crippen molar-refractivity contribution < 1.29 is 17.6 Å². The van der Waals surface area contributed by atoms with Gasteiger partial charge in [-0.1, -0.05) is 60.7 Å². The number of benzene rings is 2. The molecule has 0 spiro atoms. The number of alkyl halides is 1. The molecule has 1 atom stereocenters. The minimum Gasteiger partial charge on any atom is -0.277 e. The SMILES string of the molecule is O=C(Cl)C(F)S(=O)(=O)C(c1ccccc1)c1ccccc1. The molecule has 0 saturated carbocycles. The highest BCUT2D eigenvalue weighted by atomic mass is 35.5. The van der Waals surface area contributed by atoms with Crippen LogP contribution in [0, 0.1) is 0 Å². The molecule has 0 radical (unpaired) electrons. The van der Waals surface area contributed by atoms with E-state index < -0.39 is 25.8 Å². The van der Waals surface area contributed by atoms with Gasteiger partial charge in [0.2, 0.25) is 9.84 Å². The molecule has 0 aromatic heterocycles. The molecule has 2 aromatic carbocycles. The number of hydrogen-bond donors (Lipinski definition) is 0. The molecule has 0 aliphatic carbocycles. The van der Waals surface area contributed by atoms with E-state index in [1.807, 2.05) is 0 Å². The quantitative estimate of drug-likeness (QED) is 0.792. The van der Waals surface area contributed by atoms with Gasteiger partial charge in [-0.25, -0.2) is 12.8 Å². The lowest BCUT2D eigenvalue weighted by Crippen LogP contribution is -2.28. The Balaban J connectivity index is 2.60. The molecule has 2 aromatic rings. The molecule has 3 nitrogen and oxygen atoms in total. The molecule has 0 N–H and O–H groups in total. The van der Waals surface area contributed by atoms with E-state index >= 15 is 0 Å². The van der Waals surface area contributed by atoms with Gasteiger partial charge >= 0.3 is 0 Å². The average Bonchev–Trinajstić information content (AvgIpc) is 2.48. The monoisotopic (exact) mass is 326 g/mol.